The van der Waals surface area contributed by atoms with Crippen molar-refractivity contribution in [3.8, 4) is 11.1 Å². The van der Waals surface area contributed by atoms with Gasteiger partial charge in [0.15, 0.2) is 0 Å². The zero-order valence-electron chi connectivity index (χ0n) is 11.8. The molecule has 0 atom stereocenters. The minimum Gasteiger partial charge on any atom is -0.457 e. The number of benzene rings is 3. The third kappa shape index (κ3) is 2.04. The van der Waals surface area contributed by atoms with E-state index in [1.54, 1.807) is 0 Å². The van der Waals surface area contributed by atoms with E-state index in [1.165, 1.54) is 5.56 Å². The van der Waals surface area contributed by atoms with Gasteiger partial charge in [0.2, 0.25) is 0 Å². The van der Waals surface area contributed by atoms with Gasteiger partial charge in [-0.05, 0) is 33.5 Å². The quantitative estimate of drug-likeness (QED) is 0.475. The van der Waals surface area contributed by atoms with Gasteiger partial charge in [-0.15, -0.1) is 0 Å². The third-order valence-corrected chi connectivity index (χ3v) is 4.74. The number of cyclic esters (lactones) is 1. The number of hydrogen-bond acceptors (Lipinski definition) is 2. The van der Waals surface area contributed by atoms with Crippen molar-refractivity contribution < 1.29 is 9.53 Å². The van der Waals surface area contributed by atoms with Crippen LogP contribution in [0.25, 0.3) is 21.9 Å². The molecule has 3 aromatic rings. The first-order valence-electron chi connectivity index (χ1n) is 7.15. The molecule has 0 saturated carbocycles. The molecule has 0 unspecified atom stereocenters. The summed E-state index contributed by atoms with van der Waals surface area (Å²) in [6.07, 6.45) is 0. The van der Waals surface area contributed by atoms with Gasteiger partial charge in [0.1, 0.15) is 6.61 Å². The van der Waals surface area contributed by atoms with E-state index in [4.69, 9.17) is 4.74 Å². The monoisotopic (exact) mass is 352 g/mol. The van der Waals surface area contributed by atoms with Crippen LogP contribution in [0.5, 0.6) is 0 Å². The van der Waals surface area contributed by atoms with Crippen molar-refractivity contribution in [2.24, 2.45) is 0 Å². The summed E-state index contributed by atoms with van der Waals surface area (Å²) in [6, 6.07) is 18.5. The summed E-state index contributed by atoms with van der Waals surface area (Å²) in [6.45, 7) is 0.356. The summed E-state index contributed by atoms with van der Waals surface area (Å²) in [5.74, 6) is -0.224. The van der Waals surface area contributed by atoms with Crippen LogP contribution < -0.4 is 0 Å². The Balaban J connectivity index is 2.11. The summed E-state index contributed by atoms with van der Waals surface area (Å²) in [5, 5.41) is 3.03. The number of esters is 1. The number of ether oxygens (including phenoxy) is 1. The molecule has 0 spiro atoms. The topological polar surface area (TPSA) is 26.3 Å². The lowest BCUT2D eigenvalue weighted by atomic mass is 9.90. The molecule has 108 valence electrons. The second kappa shape index (κ2) is 5.25. The molecule has 1 aliphatic rings. The average Bonchev–Trinajstić information content (AvgIpc) is 2.94. The molecule has 1 heterocycles. The van der Waals surface area contributed by atoms with Crippen LogP contribution in [-0.4, -0.2) is 5.97 Å². The van der Waals surface area contributed by atoms with E-state index in [1.807, 2.05) is 24.3 Å². The van der Waals surface area contributed by atoms with Gasteiger partial charge >= 0.3 is 5.97 Å². The van der Waals surface area contributed by atoms with Gasteiger partial charge in [0.05, 0.1) is 5.56 Å². The van der Waals surface area contributed by atoms with Gasteiger partial charge < -0.3 is 4.74 Å². The maximum Gasteiger partial charge on any atom is 0.338 e. The van der Waals surface area contributed by atoms with E-state index in [0.29, 0.717) is 12.2 Å². The van der Waals surface area contributed by atoms with Crippen molar-refractivity contribution in [2.45, 2.75) is 11.9 Å². The molecule has 0 saturated heterocycles. The maximum absolute atomic E-state index is 12.0. The van der Waals surface area contributed by atoms with Gasteiger partial charge in [0, 0.05) is 10.9 Å². The normalized spacial score (nSPS) is 13.2. The van der Waals surface area contributed by atoms with Crippen molar-refractivity contribution in [2.75, 3.05) is 0 Å². The van der Waals surface area contributed by atoms with Gasteiger partial charge in [0.25, 0.3) is 0 Å². The zero-order chi connectivity index (χ0) is 15.1. The van der Waals surface area contributed by atoms with Crippen molar-refractivity contribution in [3.05, 3.63) is 71.3 Å². The lowest BCUT2D eigenvalue weighted by molar-refractivity contribution is 0.0535. The predicted octanol–water partition coefficient (Wildman–Crippen LogP) is 5.07. The van der Waals surface area contributed by atoms with Gasteiger partial charge in [-0.1, -0.05) is 64.5 Å². The van der Waals surface area contributed by atoms with Crippen LogP contribution in [0.4, 0.5) is 0 Å². The second-order valence-electron chi connectivity index (χ2n) is 5.41. The van der Waals surface area contributed by atoms with E-state index in [2.05, 4.69) is 46.3 Å². The summed E-state index contributed by atoms with van der Waals surface area (Å²) >= 11 is 3.49. The minimum absolute atomic E-state index is 0.224. The molecule has 0 radical (unpaired) electrons. The lowest BCUT2D eigenvalue weighted by Crippen LogP contribution is -1.96. The lowest BCUT2D eigenvalue weighted by Gasteiger charge is -2.12. The number of rotatable bonds is 2. The summed E-state index contributed by atoms with van der Waals surface area (Å²) in [5.41, 5.74) is 5.11. The Morgan fingerprint density at radius 3 is 2.64 bits per heavy atom. The fourth-order valence-corrected chi connectivity index (χ4v) is 3.41. The number of halogens is 1. The Labute approximate surface area is 136 Å². The van der Waals surface area contributed by atoms with Gasteiger partial charge in [-0.25, -0.2) is 4.79 Å². The predicted molar refractivity (Wildman–Crippen MR) is 91.1 cm³/mol. The van der Waals surface area contributed by atoms with E-state index in [0.717, 1.165) is 32.8 Å². The highest BCUT2D eigenvalue weighted by Crippen LogP contribution is 2.38. The number of alkyl halides is 1. The first-order chi connectivity index (χ1) is 10.8. The molecular weight excluding hydrogens is 340 g/mol. The Morgan fingerprint density at radius 2 is 1.86 bits per heavy atom. The summed E-state index contributed by atoms with van der Waals surface area (Å²) in [4.78, 5) is 12.0. The largest absolute Gasteiger partial charge is 0.457 e. The van der Waals surface area contributed by atoms with Crippen molar-refractivity contribution in [3.63, 3.8) is 0 Å². The maximum atomic E-state index is 12.0. The summed E-state index contributed by atoms with van der Waals surface area (Å²) in [7, 11) is 0. The van der Waals surface area contributed by atoms with Crippen molar-refractivity contribution in [1.82, 2.24) is 0 Å². The first kappa shape index (κ1) is 13.5. The van der Waals surface area contributed by atoms with Gasteiger partial charge in [-0.2, -0.15) is 0 Å². The molecular formula is C19H13BrO2. The molecule has 0 bridgehead atoms. The number of fused-ring (bicyclic) bond motifs is 2. The van der Waals surface area contributed by atoms with E-state index >= 15 is 0 Å². The average molecular weight is 353 g/mol. The molecule has 3 aromatic carbocycles. The Hall–Kier alpha value is -2.13. The molecule has 0 N–H and O–H groups in total. The molecule has 0 aromatic heterocycles. The van der Waals surface area contributed by atoms with E-state index in [9.17, 15) is 4.79 Å². The van der Waals surface area contributed by atoms with E-state index < -0.39 is 0 Å². The fourth-order valence-electron chi connectivity index (χ4n) is 3.06. The third-order valence-electron chi connectivity index (χ3n) is 4.10. The molecule has 22 heavy (non-hydrogen) atoms. The zero-order valence-corrected chi connectivity index (χ0v) is 13.4. The minimum atomic E-state index is -0.224. The van der Waals surface area contributed by atoms with Crippen LogP contribution in [0.15, 0.2) is 54.6 Å². The van der Waals surface area contributed by atoms with Crippen LogP contribution in [0.1, 0.15) is 21.5 Å². The van der Waals surface area contributed by atoms with Crippen LogP contribution in [0.2, 0.25) is 0 Å². The van der Waals surface area contributed by atoms with Crippen LogP contribution in [-0.2, 0) is 16.7 Å². The summed E-state index contributed by atoms with van der Waals surface area (Å²) < 4.78 is 5.27. The Morgan fingerprint density at radius 1 is 1.05 bits per heavy atom. The number of carbonyl (C=O) groups excluding carboxylic acids is 1. The van der Waals surface area contributed by atoms with Crippen LogP contribution in [0.3, 0.4) is 0 Å². The van der Waals surface area contributed by atoms with Gasteiger partial charge in [-0.3, -0.25) is 0 Å². The molecule has 3 heteroatoms. The van der Waals surface area contributed by atoms with Crippen molar-refractivity contribution >= 4 is 32.7 Å². The standard InChI is InChI=1S/C19H13BrO2/c20-10-12-6-7-15-14(8-12)9-16-17(11-22-19(16)21)18(15)13-4-2-1-3-5-13/h1-9H,10-11H2. The molecule has 2 nitrogen and oxygen atoms in total. The number of hydrogen-bond donors (Lipinski definition) is 0. The fraction of sp³-hybridized carbons (Fsp3) is 0.105. The Bertz CT molecular complexity index is 885. The molecule has 0 amide bonds. The second-order valence-corrected chi connectivity index (χ2v) is 5.97. The SMILES string of the molecule is O=C1OCc2c1cc1cc(CBr)ccc1c2-c1ccccc1. The highest BCUT2D eigenvalue weighted by atomic mass is 79.9. The van der Waals surface area contributed by atoms with Crippen molar-refractivity contribution in [1.29, 1.82) is 0 Å². The molecule has 0 aliphatic carbocycles. The highest BCUT2D eigenvalue weighted by molar-refractivity contribution is 9.08. The molecule has 0 fully saturated rings. The molecule has 4 rings (SSSR count). The van der Waals surface area contributed by atoms with Crippen LogP contribution in [0, 0.1) is 0 Å². The molecule has 1 aliphatic heterocycles. The smallest absolute Gasteiger partial charge is 0.338 e. The number of carbonyl (C=O) groups is 1. The first-order valence-corrected chi connectivity index (χ1v) is 8.27. The van der Waals surface area contributed by atoms with Crippen LogP contribution >= 0.6 is 15.9 Å². The Kier molecular flexibility index (Phi) is 3.23. The highest BCUT2D eigenvalue weighted by Gasteiger charge is 2.26. The van der Waals surface area contributed by atoms with E-state index in [-0.39, 0.29) is 5.97 Å².